The molecule has 1 aliphatic rings. The van der Waals surface area contributed by atoms with Crippen molar-refractivity contribution >= 4 is 41.2 Å². The maximum absolute atomic E-state index is 13.0. The molecule has 4 N–H and O–H groups in total. The summed E-state index contributed by atoms with van der Waals surface area (Å²) in [4.78, 5) is 26.1. The standard InChI is InChI=1S/C34H32N6O4.Pd/c1-43-29-17-23(19-39-31-11-5-7-13-35-31)15-27(33(29)41)37-21-25-9-3-4-10-26(25)22-38-28-16-24(18-30(44-2)34(28)42)20-40-32-12-6-8-14-36-32;/h3-18,21-22,37,41H,19-20H2,1-2H3,(H,35,39)(H,36,40);/b25-21+,26-22-,38-28?;. The van der Waals surface area contributed by atoms with Gasteiger partial charge in [0.25, 0.3) is 0 Å². The summed E-state index contributed by atoms with van der Waals surface area (Å²) >= 11 is 0. The van der Waals surface area contributed by atoms with Crippen LogP contribution < -0.4 is 31.1 Å². The van der Waals surface area contributed by atoms with E-state index in [9.17, 15) is 9.90 Å². The van der Waals surface area contributed by atoms with Gasteiger partial charge in [-0.1, -0.05) is 36.4 Å². The zero-order valence-electron chi connectivity index (χ0n) is 24.6. The zero-order valence-corrected chi connectivity index (χ0v) is 26.2. The Morgan fingerprint density at radius 2 is 1.51 bits per heavy atom. The Morgan fingerprint density at radius 3 is 2.16 bits per heavy atom. The Kier molecular flexibility index (Phi) is 11.6. The summed E-state index contributed by atoms with van der Waals surface area (Å²) in [5.74, 6) is 1.68. The Bertz CT molecular complexity index is 1840. The molecule has 10 nitrogen and oxygen atoms in total. The van der Waals surface area contributed by atoms with Crippen LogP contribution in [-0.2, 0) is 36.5 Å². The number of anilines is 3. The first-order chi connectivity index (χ1) is 21.5. The molecule has 0 saturated heterocycles. The number of ether oxygens (including phenoxy) is 2. The van der Waals surface area contributed by atoms with Gasteiger partial charge in [-0.15, -0.1) is 0 Å². The van der Waals surface area contributed by atoms with Crippen LogP contribution >= 0.6 is 0 Å². The van der Waals surface area contributed by atoms with E-state index in [1.165, 1.54) is 14.2 Å². The first-order valence-corrected chi connectivity index (χ1v) is 13.8. The molecule has 0 saturated carbocycles. The molecule has 0 bridgehead atoms. The minimum Gasteiger partial charge on any atom is -0.503 e. The van der Waals surface area contributed by atoms with E-state index in [1.807, 2.05) is 66.7 Å². The summed E-state index contributed by atoms with van der Waals surface area (Å²) in [6, 6.07) is 22.4. The molecule has 11 heteroatoms. The number of aliphatic imine (C=N–C) groups is 1. The topological polar surface area (TPSA) is 130 Å². The Labute approximate surface area is 274 Å². The average molecular weight is 695 g/mol. The largest absolute Gasteiger partial charge is 0.503 e. The molecule has 0 atom stereocenters. The van der Waals surface area contributed by atoms with Gasteiger partial charge in [-0.25, -0.2) is 9.97 Å². The monoisotopic (exact) mass is 694 g/mol. The van der Waals surface area contributed by atoms with Gasteiger partial charge in [-0.3, -0.25) is 9.79 Å². The van der Waals surface area contributed by atoms with Crippen molar-refractivity contribution in [3.05, 3.63) is 125 Å². The zero-order chi connectivity index (χ0) is 30.7. The van der Waals surface area contributed by atoms with Gasteiger partial charge in [0.2, 0.25) is 5.78 Å². The van der Waals surface area contributed by atoms with Crippen LogP contribution in [0.15, 0.2) is 114 Å². The van der Waals surface area contributed by atoms with Crippen molar-refractivity contribution in [3.63, 3.8) is 0 Å². The number of benzene rings is 2. The van der Waals surface area contributed by atoms with Gasteiger partial charge in [-0.2, -0.15) is 0 Å². The van der Waals surface area contributed by atoms with E-state index < -0.39 is 0 Å². The molecule has 45 heavy (non-hydrogen) atoms. The number of nitrogens with zero attached hydrogens (tertiary/aromatic N) is 3. The maximum Gasteiger partial charge on any atom is 0.245 e. The van der Waals surface area contributed by atoms with Crippen LogP contribution in [0.3, 0.4) is 0 Å². The third-order valence-electron chi connectivity index (χ3n) is 6.67. The third kappa shape index (κ3) is 8.66. The van der Waals surface area contributed by atoms with Crippen LogP contribution in [-0.4, -0.2) is 47.3 Å². The van der Waals surface area contributed by atoms with Gasteiger partial charge in [0.05, 0.1) is 19.9 Å². The van der Waals surface area contributed by atoms with Crippen molar-refractivity contribution in [3.8, 4) is 11.5 Å². The number of pyridine rings is 2. The maximum atomic E-state index is 13.0. The summed E-state index contributed by atoms with van der Waals surface area (Å²) in [7, 11) is 2.97. The molecule has 0 aliphatic heterocycles. The van der Waals surface area contributed by atoms with Crippen LogP contribution in [0.2, 0.25) is 0 Å². The Hall–Kier alpha value is -5.24. The molecule has 2 aromatic heterocycles. The third-order valence-corrected chi connectivity index (χ3v) is 6.67. The SMILES string of the molecule is COC1=CC(CNc2ccccn2)=CC(=N/C=c2/cccc/c2=C\Nc2cc(CNc3ccccn3)cc(OC)c2O)C1=O.[Pd]. The van der Waals surface area contributed by atoms with Crippen molar-refractivity contribution in [2.45, 2.75) is 6.54 Å². The Morgan fingerprint density at radius 1 is 0.844 bits per heavy atom. The smallest absolute Gasteiger partial charge is 0.245 e. The number of methoxy groups -OCH3 is 2. The van der Waals surface area contributed by atoms with E-state index in [-0.39, 0.29) is 43.4 Å². The molecule has 0 fully saturated rings. The molecule has 2 heterocycles. The number of hydrogen-bond acceptors (Lipinski definition) is 10. The van der Waals surface area contributed by atoms with Crippen LogP contribution in [0.25, 0.3) is 12.4 Å². The van der Waals surface area contributed by atoms with Crippen LogP contribution in [0.5, 0.6) is 11.5 Å². The van der Waals surface area contributed by atoms with Crippen molar-refractivity contribution in [1.82, 2.24) is 9.97 Å². The number of phenols is 1. The number of ketones is 1. The molecule has 0 radical (unpaired) electrons. The Balaban J connectivity index is 0.00000461. The molecule has 4 aromatic rings. The number of hydrogen-bond donors (Lipinski definition) is 4. The average Bonchev–Trinajstić information content (AvgIpc) is 3.07. The minimum atomic E-state index is -0.307. The minimum absolute atomic E-state index is 0. The number of aromatic hydroxyl groups is 1. The predicted molar refractivity (Wildman–Crippen MR) is 173 cm³/mol. The van der Waals surface area contributed by atoms with Gasteiger partial charge in [-0.05, 0) is 64.9 Å². The first-order valence-electron chi connectivity index (χ1n) is 13.8. The number of allylic oxidation sites excluding steroid dienone is 2. The number of rotatable bonds is 11. The molecule has 0 amide bonds. The van der Waals surface area contributed by atoms with E-state index >= 15 is 0 Å². The number of phenolic OH excluding ortho intramolecular Hbond substituents is 1. The van der Waals surface area contributed by atoms with E-state index in [4.69, 9.17) is 9.47 Å². The van der Waals surface area contributed by atoms with Crippen molar-refractivity contribution in [2.75, 3.05) is 36.7 Å². The predicted octanol–water partition coefficient (Wildman–Crippen LogP) is 3.98. The van der Waals surface area contributed by atoms with E-state index in [2.05, 4.69) is 30.9 Å². The molecular weight excluding hydrogens is 663 g/mol. The summed E-state index contributed by atoms with van der Waals surface area (Å²) in [6.45, 7) is 0.914. The normalized spacial score (nSPS) is 14.3. The van der Waals surface area contributed by atoms with Crippen molar-refractivity contribution in [1.29, 1.82) is 0 Å². The van der Waals surface area contributed by atoms with Gasteiger partial charge in [0.1, 0.15) is 17.3 Å². The van der Waals surface area contributed by atoms with E-state index in [0.29, 0.717) is 24.5 Å². The summed E-state index contributed by atoms with van der Waals surface area (Å²) in [6.07, 6.45) is 10.2. The molecule has 0 spiro atoms. The number of carbonyl (C=O) groups excluding carboxylic acids is 1. The fraction of sp³-hybridized carbons (Fsp3) is 0.118. The summed E-state index contributed by atoms with van der Waals surface area (Å²) < 4.78 is 10.7. The fourth-order valence-corrected chi connectivity index (χ4v) is 4.40. The first kappa shape index (κ1) is 32.7. The molecule has 1 aliphatic carbocycles. The molecule has 2 aromatic carbocycles. The second-order valence-electron chi connectivity index (χ2n) is 9.65. The summed E-state index contributed by atoms with van der Waals surface area (Å²) in [5.41, 5.74) is 2.42. The van der Waals surface area contributed by atoms with Crippen LogP contribution in [0, 0.1) is 0 Å². The van der Waals surface area contributed by atoms with Gasteiger partial charge in [0, 0.05) is 63.5 Å². The quantitative estimate of drug-likeness (QED) is 0.105. The van der Waals surface area contributed by atoms with Crippen molar-refractivity contribution in [2.24, 2.45) is 4.99 Å². The van der Waals surface area contributed by atoms with E-state index in [1.54, 1.807) is 43.0 Å². The molecular formula is C34H32N6O4Pd. The number of aromatic nitrogens is 2. The molecule has 5 rings (SSSR count). The van der Waals surface area contributed by atoms with E-state index in [0.717, 1.165) is 33.2 Å². The summed E-state index contributed by atoms with van der Waals surface area (Å²) in [5, 5.41) is 22.0. The second kappa shape index (κ2) is 16.0. The van der Waals surface area contributed by atoms with Crippen LogP contribution in [0.4, 0.5) is 17.3 Å². The number of carbonyl (C=O) groups is 1. The van der Waals surface area contributed by atoms with Crippen molar-refractivity contribution < 1.29 is 39.8 Å². The van der Waals surface area contributed by atoms with Gasteiger partial charge in [0.15, 0.2) is 17.3 Å². The number of nitrogens with one attached hydrogen (secondary N) is 3. The van der Waals surface area contributed by atoms with Gasteiger partial charge < -0.3 is 30.5 Å². The molecule has 232 valence electrons. The van der Waals surface area contributed by atoms with Crippen LogP contribution in [0.1, 0.15) is 5.56 Å². The number of Topliss-reactive ketones (excluding diaryl/α,β-unsaturated/α-hetero) is 1. The molecule has 0 unspecified atom stereocenters. The fourth-order valence-electron chi connectivity index (χ4n) is 4.40. The van der Waals surface area contributed by atoms with Gasteiger partial charge >= 0.3 is 0 Å². The second-order valence-corrected chi connectivity index (χ2v) is 9.65.